The van der Waals surface area contributed by atoms with Crippen molar-refractivity contribution >= 4 is 11.6 Å². The maximum Gasteiger partial charge on any atom is 1.00 e. The fourth-order valence-electron chi connectivity index (χ4n) is 1.90. The summed E-state index contributed by atoms with van der Waals surface area (Å²) in [6.07, 6.45) is 1.65. The van der Waals surface area contributed by atoms with Gasteiger partial charge in [0.1, 0.15) is 17.5 Å². The quantitative estimate of drug-likeness (QED) is 0.406. The molecule has 0 saturated heterocycles. The number of hydrogen-bond acceptors (Lipinski definition) is 5. The molecular formula is C15H11ClN3NaO4. The van der Waals surface area contributed by atoms with Crippen LogP contribution in [-0.4, -0.2) is 9.72 Å². The van der Waals surface area contributed by atoms with Crippen LogP contribution in [0.2, 0.25) is 5.15 Å². The SMILES string of the molecule is O=c1[n-]c(=O)n(Cc2ccc(OCc3ccc(Cl)nc3)cc2)o1.[Na+]. The molecule has 3 rings (SSSR count). The Bertz CT molecular complexity index is 900. The average molecular weight is 356 g/mol. The minimum Gasteiger partial charge on any atom is -0.489 e. The second-order valence-electron chi connectivity index (χ2n) is 4.71. The van der Waals surface area contributed by atoms with Gasteiger partial charge in [-0.15, -0.1) is 0 Å². The van der Waals surface area contributed by atoms with Gasteiger partial charge in [0.25, 0.3) is 0 Å². The third-order valence-corrected chi connectivity index (χ3v) is 3.26. The summed E-state index contributed by atoms with van der Waals surface area (Å²) < 4.78 is 11.2. The summed E-state index contributed by atoms with van der Waals surface area (Å²) in [6.45, 7) is 0.500. The van der Waals surface area contributed by atoms with Crippen LogP contribution in [0.4, 0.5) is 0 Å². The summed E-state index contributed by atoms with van der Waals surface area (Å²) >= 11 is 5.72. The second-order valence-corrected chi connectivity index (χ2v) is 5.10. The summed E-state index contributed by atoms with van der Waals surface area (Å²) in [4.78, 5) is 29.3. The van der Waals surface area contributed by atoms with Crippen LogP contribution in [0.1, 0.15) is 11.1 Å². The fourth-order valence-corrected chi connectivity index (χ4v) is 2.01. The van der Waals surface area contributed by atoms with Crippen molar-refractivity contribution in [2.24, 2.45) is 0 Å². The molecule has 0 spiro atoms. The van der Waals surface area contributed by atoms with Crippen LogP contribution in [-0.2, 0) is 13.2 Å². The van der Waals surface area contributed by atoms with Crippen molar-refractivity contribution in [3.05, 3.63) is 79.9 Å². The largest absolute Gasteiger partial charge is 1.00 e. The van der Waals surface area contributed by atoms with Crippen LogP contribution in [0.5, 0.6) is 5.75 Å². The number of ether oxygens (including phenoxy) is 1. The van der Waals surface area contributed by atoms with Gasteiger partial charge in [0.2, 0.25) is 0 Å². The molecule has 0 amide bonds. The first kappa shape index (κ1) is 18.5. The standard InChI is InChI=1S/C15H12ClN3O4.Na/c16-13-6-3-11(7-17-13)9-22-12-4-1-10(2-5-12)8-19-14(20)18-15(21)23-19;/h1-7H,8-9H2,(H,18,20,21);/q;+1/p-1. The van der Waals surface area contributed by atoms with Gasteiger partial charge >= 0.3 is 35.3 Å². The number of pyridine rings is 1. The number of aromatic nitrogens is 3. The molecule has 118 valence electrons. The van der Waals surface area contributed by atoms with Gasteiger partial charge < -0.3 is 14.2 Å². The zero-order chi connectivity index (χ0) is 16.2. The Labute approximate surface area is 163 Å². The summed E-state index contributed by atoms with van der Waals surface area (Å²) in [5.41, 5.74) is 0.976. The maximum atomic E-state index is 11.3. The Morgan fingerprint density at radius 2 is 1.83 bits per heavy atom. The van der Waals surface area contributed by atoms with Crippen LogP contribution in [0.3, 0.4) is 0 Å². The van der Waals surface area contributed by atoms with E-state index < -0.39 is 11.4 Å². The van der Waals surface area contributed by atoms with E-state index in [4.69, 9.17) is 16.3 Å². The normalized spacial score (nSPS) is 10.2. The minimum atomic E-state index is -0.897. The third-order valence-electron chi connectivity index (χ3n) is 3.03. The Kier molecular flexibility index (Phi) is 6.44. The topological polar surface area (TPSA) is 88.4 Å². The minimum absolute atomic E-state index is 0. The van der Waals surface area contributed by atoms with E-state index in [0.29, 0.717) is 17.5 Å². The molecule has 0 radical (unpaired) electrons. The van der Waals surface area contributed by atoms with Crippen molar-refractivity contribution in [3.8, 4) is 5.75 Å². The number of benzene rings is 1. The number of rotatable bonds is 5. The second kappa shape index (κ2) is 8.34. The van der Waals surface area contributed by atoms with E-state index in [1.54, 1.807) is 36.5 Å². The van der Waals surface area contributed by atoms with Crippen LogP contribution in [0.15, 0.2) is 56.7 Å². The van der Waals surface area contributed by atoms with Crippen molar-refractivity contribution in [1.82, 2.24) is 14.7 Å². The fraction of sp³-hybridized carbons (Fsp3) is 0.133. The number of nitrogens with zero attached hydrogens (tertiary/aromatic N) is 3. The molecule has 0 bridgehead atoms. The van der Waals surface area contributed by atoms with Gasteiger partial charge in [-0.1, -0.05) is 29.8 Å². The smallest absolute Gasteiger partial charge is 0.489 e. The van der Waals surface area contributed by atoms with Crippen LogP contribution < -0.4 is 50.7 Å². The Morgan fingerprint density at radius 1 is 1.12 bits per heavy atom. The molecule has 0 N–H and O–H groups in total. The van der Waals surface area contributed by atoms with Crippen molar-refractivity contribution in [2.45, 2.75) is 13.2 Å². The first-order valence-electron chi connectivity index (χ1n) is 6.67. The number of halogens is 1. The summed E-state index contributed by atoms with van der Waals surface area (Å²) in [6, 6.07) is 10.6. The predicted octanol–water partition coefficient (Wildman–Crippen LogP) is -1.56. The monoisotopic (exact) mass is 355 g/mol. The summed E-state index contributed by atoms with van der Waals surface area (Å²) in [5, 5.41) is 0.432. The van der Waals surface area contributed by atoms with Gasteiger partial charge in [-0.25, -0.2) is 9.78 Å². The van der Waals surface area contributed by atoms with E-state index in [9.17, 15) is 9.59 Å². The van der Waals surface area contributed by atoms with Gasteiger partial charge in [-0.3, -0.25) is 9.53 Å². The molecular weight excluding hydrogens is 345 g/mol. The van der Waals surface area contributed by atoms with Crippen LogP contribution in [0, 0.1) is 0 Å². The van der Waals surface area contributed by atoms with Gasteiger partial charge in [-0.05, 0) is 23.8 Å². The Balaban J connectivity index is 0.00000208. The Hall–Kier alpha value is -1.80. The van der Waals surface area contributed by atoms with Gasteiger partial charge in [0.15, 0.2) is 5.69 Å². The molecule has 3 aromatic rings. The average Bonchev–Trinajstić information content (AvgIpc) is 2.86. The van der Waals surface area contributed by atoms with E-state index in [0.717, 1.165) is 15.9 Å². The van der Waals surface area contributed by atoms with Crippen molar-refractivity contribution < 1.29 is 38.8 Å². The Morgan fingerprint density at radius 3 is 2.42 bits per heavy atom. The molecule has 0 fully saturated rings. The zero-order valence-electron chi connectivity index (χ0n) is 12.8. The molecule has 9 heteroatoms. The molecule has 0 aliphatic rings. The van der Waals surface area contributed by atoms with E-state index in [-0.39, 0.29) is 36.1 Å². The molecule has 1 aromatic carbocycles. The van der Waals surface area contributed by atoms with E-state index in [1.165, 1.54) is 0 Å². The van der Waals surface area contributed by atoms with Gasteiger partial charge in [-0.2, -0.15) is 0 Å². The first-order valence-corrected chi connectivity index (χ1v) is 7.05. The third kappa shape index (κ3) is 4.85. The van der Waals surface area contributed by atoms with E-state index in [1.807, 2.05) is 6.07 Å². The predicted molar refractivity (Wildman–Crippen MR) is 81.7 cm³/mol. The molecule has 2 aromatic heterocycles. The molecule has 0 atom stereocenters. The van der Waals surface area contributed by atoms with Crippen LogP contribution in [0.25, 0.3) is 0 Å². The number of hydrogen-bond donors (Lipinski definition) is 0. The molecule has 0 aliphatic heterocycles. The summed E-state index contributed by atoms with van der Waals surface area (Å²) in [7, 11) is 0. The van der Waals surface area contributed by atoms with Crippen molar-refractivity contribution in [3.63, 3.8) is 0 Å². The summed E-state index contributed by atoms with van der Waals surface area (Å²) in [5.74, 6) is -0.232. The molecule has 2 heterocycles. The molecule has 7 nitrogen and oxygen atoms in total. The zero-order valence-corrected chi connectivity index (χ0v) is 15.6. The van der Waals surface area contributed by atoms with Crippen molar-refractivity contribution in [1.29, 1.82) is 0 Å². The molecule has 0 aliphatic carbocycles. The van der Waals surface area contributed by atoms with E-state index >= 15 is 0 Å². The van der Waals surface area contributed by atoms with E-state index in [2.05, 4.69) is 14.5 Å². The van der Waals surface area contributed by atoms with Gasteiger partial charge in [0, 0.05) is 18.3 Å². The first-order chi connectivity index (χ1) is 11.1. The van der Waals surface area contributed by atoms with Crippen molar-refractivity contribution in [2.75, 3.05) is 0 Å². The molecule has 0 saturated carbocycles. The van der Waals surface area contributed by atoms with Crippen LogP contribution >= 0.6 is 11.6 Å². The van der Waals surface area contributed by atoms with Gasteiger partial charge in [0.05, 0.1) is 0 Å². The maximum absolute atomic E-state index is 11.3. The molecule has 0 unspecified atom stereocenters. The molecule has 24 heavy (non-hydrogen) atoms.